The van der Waals surface area contributed by atoms with Gasteiger partial charge in [0.15, 0.2) is 11.5 Å². The first-order valence-electron chi connectivity index (χ1n) is 8.44. The highest BCUT2D eigenvalue weighted by atomic mass is 16.3. The Kier molecular flexibility index (Phi) is 6.58. The number of nitrogens with zero attached hydrogens (tertiary/aromatic N) is 1. The monoisotopic (exact) mass is 288 g/mol. The predicted molar refractivity (Wildman–Crippen MR) is 89.4 cm³/mol. The van der Waals surface area contributed by atoms with Crippen molar-refractivity contribution >= 4 is 16.8 Å². The van der Waals surface area contributed by atoms with E-state index in [2.05, 4.69) is 11.9 Å². The SMILES string of the molecule is CCCCCCCCCCCc1nc2ccc(N)cc2o1. The molecule has 3 heteroatoms. The number of rotatable bonds is 10. The van der Waals surface area contributed by atoms with E-state index in [1.165, 1.54) is 51.4 Å². The smallest absolute Gasteiger partial charge is 0.195 e. The zero-order valence-corrected chi connectivity index (χ0v) is 13.2. The van der Waals surface area contributed by atoms with Gasteiger partial charge in [0.1, 0.15) is 5.52 Å². The molecule has 0 saturated carbocycles. The summed E-state index contributed by atoms with van der Waals surface area (Å²) in [6, 6.07) is 5.64. The molecule has 0 fully saturated rings. The molecule has 21 heavy (non-hydrogen) atoms. The average molecular weight is 288 g/mol. The zero-order chi connectivity index (χ0) is 14.9. The summed E-state index contributed by atoms with van der Waals surface area (Å²) in [5.41, 5.74) is 8.19. The van der Waals surface area contributed by atoms with Crippen molar-refractivity contribution in [3.8, 4) is 0 Å². The lowest BCUT2D eigenvalue weighted by Crippen LogP contribution is -1.86. The number of oxazole rings is 1. The minimum absolute atomic E-state index is 0.730. The van der Waals surface area contributed by atoms with Crippen LogP contribution in [0, 0.1) is 0 Å². The number of anilines is 1. The Balaban J connectivity index is 1.59. The van der Waals surface area contributed by atoms with E-state index in [9.17, 15) is 0 Å². The maximum Gasteiger partial charge on any atom is 0.195 e. The molecule has 0 aliphatic carbocycles. The van der Waals surface area contributed by atoms with Crippen LogP contribution in [0.3, 0.4) is 0 Å². The summed E-state index contributed by atoms with van der Waals surface area (Å²) in [5, 5.41) is 0. The summed E-state index contributed by atoms with van der Waals surface area (Å²) in [5.74, 6) is 0.846. The highest BCUT2D eigenvalue weighted by Crippen LogP contribution is 2.20. The third-order valence-electron chi connectivity index (χ3n) is 3.95. The van der Waals surface area contributed by atoms with E-state index in [-0.39, 0.29) is 0 Å². The second-order valence-electron chi connectivity index (χ2n) is 5.91. The van der Waals surface area contributed by atoms with Crippen molar-refractivity contribution in [1.29, 1.82) is 0 Å². The quantitative estimate of drug-likeness (QED) is 0.465. The Morgan fingerprint density at radius 1 is 0.952 bits per heavy atom. The molecule has 0 saturated heterocycles. The molecular weight excluding hydrogens is 260 g/mol. The number of aryl methyl sites for hydroxylation is 1. The molecule has 0 amide bonds. The number of hydrogen-bond donors (Lipinski definition) is 1. The molecule has 0 unspecified atom stereocenters. The van der Waals surface area contributed by atoms with Crippen LogP contribution in [-0.4, -0.2) is 4.98 Å². The van der Waals surface area contributed by atoms with Gasteiger partial charge in [0.05, 0.1) is 0 Å². The van der Waals surface area contributed by atoms with Gasteiger partial charge < -0.3 is 10.2 Å². The standard InChI is InChI=1S/C18H28N2O/c1-2-3-4-5-6-7-8-9-10-11-18-20-16-13-12-15(19)14-17(16)21-18/h12-14H,2-11,19H2,1H3. The number of nitrogen functional groups attached to an aromatic ring is 1. The van der Waals surface area contributed by atoms with Gasteiger partial charge in [-0.3, -0.25) is 0 Å². The molecule has 0 spiro atoms. The third-order valence-corrected chi connectivity index (χ3v) is 3.95. The molecule has 1 aromatic heterocycles. The predicted octanol–water partition coefficient (Wildman–Crippen LogP) is 5.48. The fraction of sp³-hybridized carbons (Fsp3) is 0.611. The minimum atomic E-state index is 0.730. The molecule has 0 bridgehead atoms. The Hall–Kier alpha value is -1.51. The zero-order valence-electron chi connectivity index (χ0n) is 13.2. The number of benzene rings is 1. The van der Waals surface area contributed by atoms with Crippen molar-refractivity contribution in [2.24, 2.45) is 0 Å². The summed E-state index contributed by atoms with van der Waals surface area (Å²) >= 11 is 0. The number of unbranched alkanes of at least 4 members (excludes halogenated alkanes) is 8. The summed E-state index contributed by atoms with van der Waals surface area (Å²) in [6.07, 6.45) is 13.0. The molecule has 1 heterocycles. The van der Waals surface area contributed by atoms with Crippen molar-refractivity contribution < 1.29 is 4.42 Å². The van der Waals surface area contributed by atoms with Crippen LogP contribution in [0.15, 0.2) is 22.6 Å². The summed E-state index contributed by atoms with van der Waals surface area (Å²) in [4.78, 5) is 4.50. The first-order chi connectivity index (χ1) is 10.3. The summed E-state index contributed by atoms with van der Waals surface area (Å²) in [6.45, 7) is 2.26. The molecule has 0 atom stereocenters. The highest BCUT2D eigenvalue weighted by molar-refractivity contribution is 5.76. The molecule has 2 aromatic rings. The number of hydrogen-bond acceptors (Lipinski definition) is 3. The van der Waals surface area contributed by atoms with Gasteiger partial charge >= 0.3 is 0 Å². The van der Waals surface area contributed by atoms with Gasteiger partial charge in [-0.15, -0.1) is 0 Å². The van der Waals surface area contributed by atoms with E-state index < -0.39 is 0 Å². The molecule has 3 nitrogen and oxygen atoms in total. The van der Waals surface area contributed by atoms with Gasteiger partial charge in [0, 0.05) is 18.2 Å². The molecule has 0 radical (unpaired) electrons. The van der Waals surface area contributed by atoms with Gasteiger partial charge in [-0.1, -0.05) is 58.3 Å². The van der Waals surface area contributed by atoms with Crippen LogP contribution in [0.25, 0.3) is 11.1 Å². The molecule has 2 N–H and O–H groups in total. The van der Waals surface area contributed by atoms with Crippen LogP contribution in [-0.2, 0) is 6.42 Å². The van der Waals surface area contributed by atoms with E-state index in [1.807, 2.05) is 18.2 Å². The van der Waals surface area contributed by atoms with Crippen LogP contribution in [0.4, 0.5) is 5.69 Å². The Bertz CT molecular complexity index is 533. The van der Waals surface area contributed by atoms with Crippen LogP contribution in [0.2, 0.25) is 0 Å². The minimum Gasteiger partial charge on any atom is -0.441 e. The van der Waals surface area contributed by atoms with Crippen molar-refractivity contribution in [2.45, 2.75) is 71.1 Å². The Morgan fingerprint density at radius 3 is 2.33 bits per heavy atom. The lowest BCUT2D eigenvalue weighted by molar-refractivity contribution is 0.502. The van der Waals surface area contributed by atoms with E-state index in [4.69, 9.17) is 10.2 Å². The van der Waals surface area contributed by atoms with Gasteiger partial charge in [-0.2, -0.15) is 0 Å². The lowest BCUT2D eigenvalue weighted by atomic mass is 10.1. The summed E-state index contributed by atoms with van der Waals surface area (Å²) in [7, 11) is 0. The average Bonchev–Trinajstić information content (AvgIpc) is 2.87. The highest BCUT2D eigenvalue weighted by Gasteiger charge is 2.05. The van der Waals surface area contributed by atoms with Crippen molar-refractivity contribution in [3.05, 3.63) is 24.1 Å². The summed E-state index contributed by atoms with van der Waals surface area (Å²) < 4.78 is 5.73. The normalized spacial score (nSPS) is 11.3. The van der Waals surface area contributed by atoms with E-state index in [0.29, 0.717) is 0 Å². The van der Waals surface area contributed by atoms with Crippen LogP contribution in [0.1, 0.15) is 70.6 Å². The van der Waals surface area contributed by atoms with E-state index in [1.54, 1.807) is 0 Å². The second kappa shape index (κ2) is 8.71. The largest absolute Gasteiger partial charge is 0.441 e. The fourth-order valence-electron chi connectivity index (χ4n) is 2.68. The van der Waals surface area contributed by atoms with Gasteiger partial charge in [-0.25, -0.2) is 4.98 Å². The van der Waals surface area contributed by atoms with Gasteiger partial charge in [-0.05, 0) is 18.6 Å². The fourth-order valence-corrected chi connectivity index (χ4v) is 2.68. The molecule has 0 aliphatic rings. The molecule has 0 aliphatic heterocycles. The second-order valence-corrected chi connectivity index (χ2v) is 5.91. The topological polar surface area (TPSA) is 52.0 Å². The number of aromatic nitrogens is 1. The Labute approximate surface area is 127 Å². The van der Waals surface area contributed by atoms with E-state index in [0.717, 1.165) is 35.5 Å². The van der Waals surface area contributed by atoms with Crippen LogP contribution >= 0.6 is 0 Å². The van der Waals surface area contributed by atoms with Crippen LogP contribution < -0.4 is 5.73 Å². The maximum absolute atomic E-state index is 5.74. The lowest BCUT2D eigenvalue weighted by Gasteiger charge is -2.00. The molecule has 1 aromatic carbocycles. The number of fused-ring (bicyclic) bond motifs is 1. The number of nitrogens with two attached hydrogens (primary N) is 1. The van der Waals surface area contributed by atoms with Crippen LogP contribution in [0.5, 0.6) is 0 Å². The van der Waals surface area contributed by atoms with Gasteiger partial charge in [0.2, 0.25) is 0 Å². The Morgan fingerprint density at radius 2 is 1.62 bits per heavy atom. The molecule has 2 rings (SSSR count). The van der Waals surface area contributed by atoms with Gasteiger partial charge in [0.25, 0.3) is 0 Å². The maximum atomic E-state index is 5.74. The van der Waals surface area contributed by atoms with Crippen molar-refractivity contribution in [2.75, 3.05) is 5.73 Å². The molecule has 116 valence electrons. The van der Waals surface area contributed by atoms with Crippen molar-refractivity contribution in [1.82, 2.24) is 4.98 Å². The third kappa shape index (κ3) is 5.41. The van der Waals surface area contributed by atoms with Crippen molar-refractivity contribution in [3.63, 3.8) is 0 Å². The first-order valence-corrected chi connectivity index (χ1v) is 8.44. The molecular formula is C18H28N2O. The van der Waals surface area contributed by atoms with E-state index >= 15 is 0 Å². The first kappa shape index (κ1) is 15.9.